The Labute approximate surface area is 871 Å². The van der Waals surface area contributed by atoms with Crippen LogP contribution in [0, 0.1) is 71.0 Å². The molecule has 0 aliphatic heterocycles. The first-order valence-corrected chi connectivity index (χ1v) is 55.8. The van der Waals surface area contributed by atoms with E-state index < -0.39 is 0 Å². The molecular weight excluding hydrogens is 1790 g/mol. The number of hydrogen-bond acceptors (Lipinski definition) is 4. The van der Waals surface area contributed by atoms with Crippen LogP contribution in [0.3, 0.4) is 0 Å². The molecule has 1 aromatic heterocycles. The summed E-state index contributed by atoms with van der Waals surface area (Å²) in [5.74, 6) is 10.2. The average molecular weight is 1910 g/mol. The van der Waals surface area contributed by atoms with E-state index in [9.17, 15) is 0 Å². The van der Waals surface area contributed by atoms with E-state index in [2.05, 4.69) is 461 Å². The molecule has 12 saturated carbocycles. The van der Waals surface area contributed by atoms with E-state index in [4.69, 9.17) is 4.42 Å². The van der Waals surface area contributed by atoms with Crippen molar-refractivity contribution in [2.24, 2.45) is 71.0 Å². The van der Waals surface area contributed by atoms with Crippen LogP contribution in [0.5, 0.6) is 0 Å². The van der Waals surface area contributed by atoms with Crippen LogP contribution < -0.4 is 14.7 Å². The molecule has 17 aliphatic carbocycles. The molecular formula is C144H123N3O. The van der Waals surface area contributed by atoms with Crippen molar-refractivity contribution in [2.45, 2.75) is 151 Å². The van der Waals surface area contributed by atoms with Crippen LogP contribution in [0.25, 0.3) is 111 Å². The summed E-state index contributed by atoms with van der Waals surface area (Å²) in [5.41, 5.74) is 50.0. The van der Waals surface area contributed by atoms with Crippen LogP contribution in [0.1, 0.15) is 180 Å². The highest BCUT2D eigenvalue weighted by molar-refractivity contribution is 6.14. The fraction of sp³-hybridized carbons (Fsp3) is 0.250. The van der Waals surface area contributed by atoms with Crippen molar-refractivity contribution in [3.63, 3.8) is 0 Å². The van der Waals surface area contributed by atoms with Crippen molar-refractivity contribution in [3.05, 3.63) is 474 Å². The predicted octanol–water partition coefficient (Wildman–Crippen LogP) is 38.1. The third-order valence-corrected chi connectivity index (χ3v) is 40.3. The number of fused-ring (bicyclic) bond motifs is 18. The summed E-state index contributed by atoms with van der Waals surface area (Å²) in [5, 5.41) is 2.30. The summed E-state index contributed by atoms with van der Waals surface area (Å²) >= 11 is 0. The Kier molecular flexibility index (Phi) is 19.5. The van der Waals surface area contributed by atoms with Crippen LogP contribution in [-0.4, -0.2) is 0 Å². The van der Waals surface area contributed by atoms with Crippen molar-refractivity contribution in [1.82, 2.24) is 0 Å². The Balaban J connectivity index is 0.000000100. The molecule has 4 nitrogen and oxygen atoms in total. The van der Waals surface area contributed by atoms with Gasteiger partial charge in [-0.15, -0.1) is 0 Å². The standard InChI is InChI=1S/2C49H43N.C46H37NO/c1-48(2)42-15-8-7-14-40(42)47-45(48)17-10-18-46(47)50(37-21-19-34(20-22-37)33-11-4-3-5-12-33)38-23-24-44-41(30-38)39-13-6-9-16-43(39)49(44)35-26-31-25-32(28-35)29-36(49)27-31;1-48(2)43-16-8-6-13-39(43)41-15-10-18-46(47(41)48)50(37-21-19-34(20-22-37)33-11-4-3-5-12-33)38-23-24-45-42(30-38)40-14-7-9-17-44(40)49(45)35-26-31-25-32(28-35)29-36(49)27-31;1-2-9-31(10-3-1)32-17-19-35(20-18-32)47(42-14-8-16-44-45(42)38-12-5-7-15-43(38)48-44)36-21-22-41-39(28-36)37-11-4-6-13-40(37)46(41)33-24-29-23-30(26-33)27-34(46)25-29/h2*3-24,30-32,35-36H,25-29H2,1-2H3;1-22,28-30,33-34H,23-27H2. The second kappa shape index (κ2) is 33.1. The van der Waals surface area contributed by atoms with Gasteiger partial charge in [0.2, 0.25) is 0 Å². The summed E-state index contributed by atoms with van der Waals surface area (Å²) in [6.07, 6.45) is 21.3. The van der Waals surface area contributed by atoms with Gasteiger partial charge in [0.1, 0.15) is 11.2 Å². The van der Waals surface area contributed by atoms with E-state index in [0.29, 0.717) is 0 Å². The normalized spacial score (nSPS) is 25.4. The topological polar surface area (TPSA) is 22.9 Å². The Morgan fingerprint density at radius 3 is 0.885 bits per heavy atom. The van der Waals surface area contributed by atoms with Crippen molar-refractivity contribution >= 4 is 73.1 Å². The van der Waals surface area contributed by atoms with Crippen LogP contribution in [-0.2, 0) is 27.1 Å². The minimum Gasteiger partial charge on any atom is -0.456 e. The fourth-order valence-corrected chi connectivity index (χ4v) is 35.3. The maximum Gasteiger partial charge on any atom is 0.137 e. The number of rotatable bonds is 12. The Morgan fingerprint density at radius 1 is 0.196 bits per heavy atom. The van der Waals surface area contributed by atoms with Gasteiger partial charge in [-0.05, 0) is 410 Å². The smallest absolute Gasteiger partial charge is 0.137 e. The first kappa shape index (κ1) is 87.4. The molecule has 0 atom stereocenters. The number of hydrogen-bond donors (Lipinski definition) is 0. The zero-order valence-corrected chi connectivity index (χ0v) is 85.1. The zero-order chi connectivity index (χ0) is 97.8. The van der Waals surface area contributed by atoms with Gasteiger partial charge >= 0.3 is 0 Å². The number of nitrogens with zero attached hydrogens (tertiary/aromatic N) is 3. The minimum absolute atomic E-state index is 0.0620. The molecule has 148 heavy (non-hydrogen) atoms. The summed E-state index contributed by atoms with van der Waals surface area (Å²) in [4.78, 5) is 7.58. The third kappa shape index (κ3) is 12.7. The predicted molar refractivity (Wildman–Crippen MR) is 612 cm³/mol. The molecule has 0 N–H and O–H groups in total. The van der Waals surface area contributed by atoms with E-state index in [1.165, 1.54) is 247 Å². The quantitative estimate of drug-likeness (QED) is 0.122. The molecule has 18 aromatic carbocycles. The van der Waals surface area contributed by atoms with E-state index in [1.54, 1.807) is 33.4 Å². The number of furan rings is 1. The van der Waals surface area contributed by atoms with E-state index in [0.717, 1.165) is 104 Å². The van der Waals surface area contributed by atoms with Gasteiger partial charge in [0.05, 0.1) is 22.4 Å². The van der Waals surface area contributed by atoms with Gasteiger partial charge < -0.3 is 19.1 Å². The second-order valence-electron chi connectivity index (χ2n) is 48.1. The molecule has 720 valence electrons. The lowest BCUT2D eigenvalue weighted by atomic mass is 9.43. The zero-order valence-electron chi connectivity index (χ0n) is 85.1. The molecule has 0 saturated heterocycles. The first-order valence-electron chi connectivity index (χ1n) is 55.8. The lowest BCUT2D eigenvalue weighted by Crippen LogP contribution is -2.55. The van der Waals surface area contributed by atoms with Gasteiger partial charge in [-0.25, -0.2) is 0 Å². The highest BCUT2D eigenvalue weighted by Gasteiger charge is 2.65. The molecule has 4 heteroatoms. The third-order valence-electron chi connectivity index (χ3n) is 40.3. The molecule has 36 rings (SSSR count). The molecule has 3 spiro atoms. The van der Waals surface area contributed by atoms with Crippen LogP contribution in [0.15, 0.2) is 423 Å². The van der Waals surface area contributed by atoms with Gasteiger partial charge in [0, 0.05) is 72.1 Å². The molecule has 1 heterocycles. The Bertz CT molecular complexity index is 8480. The molecule has 17 aliphatic rings. The molecule has 0 amide bonds. The van der Waals surface area contributed by atoms with Crippen molar-refractivity contribution in [1.29, 1.82) is 0 Å². The monoisotopic (exact) mass is 1910 g/mol. The van der Waals surface area contributed by atoms with Crippen molar-refractivity contribution in [2.75, 3.05) is 14.7 Å². The summed E-state index contributed by atoms with van der Waals surface area (Å²) < 4.78 is 6.42. The number of para-hydroxylation sites is 1. The van der Waals surface area contributed by atoms with E-state index in [1.807, 2.05) is 0 Å². The van der Waals surface area contributed by atoms with E-state index >= 15 is 0 Å². The Morgan fingerprint density at radius 2 is 0.473 bits per heavy atom. The lowest BCUT2D eigenvalue weighted by molar-refractivity contribution is -0.0399. The largest absolute Gasteiger partial charge is 0.456 e. The molecule has 0 unspecified atom stereocenters. The highest BCUT2D eigenvalue weighted by Crippen LogP contribution is 2.75. The molecule has 0 radical (unpaired) electrons. The number of anilines is 9. The highest BCUT2D eigenvalue weighted by atomic mass is 16.3. The second-order valence-corrected chi connectivity index (χ2v) is 48.1. The van der Waals surface area contributed by atoms with Gasteiger partial charge in [-0.1, -0.05) is 343 Å². The van der Waals surface area contributed by atoms with Gasteiger partial charge in [0.15, 0.2) is 0 Å². The first-order chi connectivity index (χ1) is 72.8. The van der Waals surface area contributed by atoms with E-state index in [-0.39, 0.29) is 27.1 Å². The molecule has 12 fully saturated rings. The van der Waals surface area contributed by atoms with Gasteiger partial charge in [-0.2, -0.15) is 0 Å². The van der Waals surface area contributed by atoms with Crippen LogP contribution in [0.4, 0.5) is 51.2 Å². The van der Waals surface area contributed by atoms with Gasteiger partial charge in [-0.3, -0.25) is 0 Å². The van der Waals surface area contributed by atoms with Gasteiger partial charge in [0.25, 0.3) is 0 Å². The molecule has 19 aromatic rings. The maximum absolute atomic E-state index is 6.42. The summed E-state index contributed by atoms with van der Waals surface area (Å²) in [6, 6.07) is 158. The number of benzene rings is 18. The Hall–Kier alpha value is -14.8. The SMILES string of the molecule is CC1(C)c2ccccc2-c2c(N(c3ccc(-c4ccccc4)cc3)c3ccc4c(c3)-c3ccccc3C43C4CC5CC(C4)CC3C5)cccc21.CC1(C)c2ccccc2-c2cccc(N(c3ccc(-c4ccccc4)cc3)c3ccc4c(c3)-c3ccccc3C43C4CC5CC(C4)CC3C5)c21.c1ccc(-c2ccc(N(c3ccc4c(c3)-c3ccccc3C43C4CC5CC(C4)CC3C5)c3cccc4oc5ccccc5c34)cc2)cc1. The average Bonchev–Trinajstić information content (AvgIpc) is 1.51. The summed E-state index contributed by atoms with van der Waals surface area (Å²) in [6.45, 7) is 9.59. The summed E-state index contributed by atoms with van der Waals surface area (Å²) in [7, 11) is 0. The van der Waals surface area contributed by atoms with Crippen molar-refractivity contribution in [3.8, 4) is 89.0 Å². The fourth-order valence-electron chi connectivity index (χ4n) is 35.3. The molecule has 12 bridgehead atoms. The van der Waals surface area contributed by atoms with Crippen molar-refractivity contribution < 1.29 is 4.42 Å². The lowest BCUT2D eigenvalue weighted by Gasteiger charge is -2.61. The van der Waals surface area contributed by atoms with Crippen LogP contribution in [0.2, 0.25) is 0 Å². The maximum atomic E-state index is 6.42. The minimum atomic E-state index is -0.126. The van der Waals surface area contributed by atoms with Crippen LogP contribution >= 0.6 is 0 Å².